The van der Waals surface area contributed by atoms with Crippen molar-refractivity contribution in [2.24, 2.45) is 0 Å². The lowest BCUT2D eigenvalue weighted by Gasteiger charge is -2.31. The fourth-order valence-corrected chi connectivity index (χ4v) is 5.35. The van der Waals surface area contributed by atoms with E-state index in [2.05, 4.69) is 10.6 Å². The maximum absolute atomic E-state index is 13.4. The van der Waals surface area contributed by atoms with Gasteiger partial charge in [0.1, 0.15) is 11.8 Å². The molecular weight excluding hydrogens is 478 g/mol. The van der Waals surface area contributed by atoms with Crippen molar-refractivity contribution in [3.05, 3.63) is 65.2 Å². The van der Waals surface area contributed by atoms with Crippen molar-refractivity contribution >= 4 is 29.5 Å². The highest BCUT2D eigenvalue weighted by Gasteiger charge is 2.40. The van der Waals surface area contributed by atoms with E-state index in [0.29, 0.717) is 17.7 Å². The normalized spacial score (nSPS) is 17.4. The van der Waals surface area contributed by atoms with Gasteiger partial charge in [-0.3, -0.25) is 14.4 Å². The number of benzene rings is 2. The van der Waals surface area contributed by atoms with Gasteiger partial charge in [-0.25, -0.2) is 0 Å². The van der Waals surface area contributed by atoms with Crippen molar-refractivity contribution in [3.8, 4) is 5.75 Å². The van der Waals surface area contributed by atoms with Gasteiger partial charge in [0.25, 0.3) is 11.8 Å². The van der Waals surface area contributed by atoms with Crippen molar-refractivity contribution < 1.29 is 24.6 Å². The second-order valence-electron chi connectivity index (χ2n) is 9.93. The number of thioether (sulfide) groups is 1. The predicted octanol–water partition coefficient (Wildman–Crippen LogP) is 2.47. The van der Waals surface area contributed by atoms with Crippen LogP contribution in [0.15, 0.2) is 48.5 Å². The number of hydrogen-bond donors (Lipinski definition) is 4. The summed E-state index contributed by atoms with van der Waals surface area (Å²) in [5.74, 6) is -0.655. The fourth-order valence-electron chi connectivity index (χ4n) is 4.19. The van der Waals surface area contributed by atoms with E-state index < -0.39 is 35.5 Å². The second-order valence-corrected chi connectivity index (χ2v) is 10.9. The molecule has 3 amide bonds. The number of aliphatic hydroxyl groups is 1. The number of aromatic hydroxyl groups is 1. The van der Waals surface area contributed by atoms with E-state index in [1.165, 1.54) is 22.7 Å². The van der Waals surface area contributed by atoms with Gasteiger partial charge in [0.05, 0.1) is 11.9 Å². The van der Waals surface area contributed by atoms with Crippen LogP contribution in [-0.4, -0.2) is 68.2 Å². The Morgan fingerprint density at radius 1 is 1.11 bits per heavy atom. The third-order valence-electron chi connectivity index (χ3n) is 5.96. The molecule has 1 fully saturated rings. The van der Waals surface area contributed by atoms with Gasteiger partial charge in [-0.15, -0.1) is 11.8 Å². The summed E-state index contributed by atoms with van der Waals surface area (Å²) in [4.78, 5) is 40.9. The highest BCUT2D eigenvalue weighted by molar-refractivity contribution is 7.99. The Bertz CT molecular complexity index is 1090. The molecule has 8 nitrogen and oxygen atoms in total. The van der Waals surface area contributed by atoms with Crippen molar-refractivity contribution in [3.63, 3.8) is 0 Å². The predicted molar refractivity (Wildman–Crippen MR) is 141 cm³/mol. The standard InChI is InChI=1S/C27H35N3O5S/c1-5-18-19(12-9-13-22(18)31)24(33)28-20(14-17-10-7-6-8-11-17)23(32)26(35)30-16-36-15-21(30)25(34)29-27(2,3)4/h6-13,20-21,23,31-32H,5,14-16H2,1-4H3,(H,28,33)(H,29,34)/t20?,21-,23?/m0/s1. The number of nitrogens with one attached hydrogen (secondary N) is 2. The summed E-state index contributed by atoms with van der Waals surface area (Å²) < 4.78 is 0. The first kappa shape index (κ1) is 27.5. The zero-order valence-corrected chi connectivity index (χ0v) is 22.0. The van der Waals surface area contributed by atoms with E-state index in [0.717, 1.165) is 5.56 Å². The molecule has 0 radical (unpaired) electrons. The molecule has 0 bridgehead atoms. The lowest BCUT2D eigenvalue weighted by molar-refractivity contribution is -0.146. The Kier molecular flexibility index (Phi) is 9.03. The number of hydrogen-bond acceptors (Lipinski definition) is 6. The number of amides is 3. The molecule has 0 spiro atoms. The zero-order valence-electron chi connectivity index (χ0n) is 21.2. The van der Waals surface area contributed by atoms with Crippen LogP contribution in [-0.2, 0) is 22.4 Å². The van der Waals surface area contributed by atoms with Gasteiger partial charge >= 0.3 is 0 Å². The highest BCUT2D eigenvalue weighted by atomic mass is 32.2. The SMILES string of the molecule is CCc1c(O)cccc1C(=O)NC(Cc1ccccc1)C(O)C(=O)N1CSC[C@H]1C(=O)NC(C)(C)C. The molecule has 4 N–H and O–H groups in total. The van der Waals surface area contributed by atoms with Gasteiger partial charge in [0.15, 0.2) is 6.10 Å². The molecule has 194 valence electrons. The maximum atomic E-state index is 13.4. The lowest BCUT2D eigenvalue weighted by Crippen LogP contribution is -2.57. The third kappa shape index (κ3) is 6.79. The molecule has 1 aliphatic heterocycles. The molecule has 3 rings (SSSR count). The van der Waals surface area contributed by atoms with Gasteiger partial charge in [-0.2, -0.15) is 0 Å². The van der Waals surface area contributed by atoms with Gasteiger partial charge in [0, 0.05) is 22.4 Å². The minimum atomic E-state index is -1.57. The van der Waals surface area contributed by atoms with Gasteiger partial charge in [-0.05, 0) is 51.3 Å². The summed E-state index contributed by atoms with van der Waals surface area (Å²) in [6, 6.07) is 12.3. The number of phenols is 1. The van der Waals surface area contributed by atoms with Crippen LogP contribution in [0.1, 0.15) is 49.2 Å². The fraction of sp³-hybridized carbons (Fsp3) is 0.444. The Morgan fingerprint density at radius 2 is 1.81 bits per heavy atom. The number of rotatable bonds is 8. The van der Waals surface area contributed by atoms with E-state index in [1.54, 1.807) is 12.1 Å². The summed E-state index contributed by atoms with van der Waals surface area (Å²) in [7, 11) is 0. The van der Waals surface area contributed by atoms with Crippen molar-refractivity contribution in [2.45, 2.75) is 64.3 Å². The van der Waals surface area contributed by atoms with E-state index in [-0.39, 0.29) is 29.5 Å². The Morgan fingerprint density at radius 3 is 2.44 bits per heavy atom. The molecule has 0 aliphatic carbocycles. The second kappa shape index (κ2) is 11.8. The first-order valence-corrected chi connectivity index (χ1v) is 13.2. The molecule has 1 saturated heterocycles. The largest absolute Gasteiger partial charge is 0.508 e. The lowest BCUT2D eigenvalue weighted by atomic mass is 9.98. The molecule has 1 heterocycles. The molecule has 9 heteroatoms. The maximum Gasteiger partial charge on any atom is 0.254 e. The van der Waals surface area contributed by atoms with Crippen LogP contribution in [0, 0.1) is 0 Å². The van der Waals surface area contributed by atoms with Crippen LogP contribution in [0.5, 0.6) is 5.75 Å². The van der Waals surface area contributed by atoms with Crippen molar-refractivity contribution in [2.75, 3.05) is 11.6 Å². The molecular formula is C27H35N3O5S. The average molecular weight is 514 g/mol. The van der Waals surface area contributed by atoms with Crippen molar-refractivity contribution in [1.29, 1.82) is 0 Å². The molecule has 1 aliphatic rings. The number of nitrogens with zero attached hydrogens (tertiary/aromatic N) is 1. The van der Waals surface area contributed by atoms with Crippen LogP contribution >= 0.6 is 11.8 Å². The van der Waals surface area contributed by atoms with Gasteiger partial charge < -0.3 is 25.7 Å². The first-order chi connectivity index (χ1) is 17.0. The molecule has 2 aromatic carbocycles. The number of carbonyl (C=O) groups is 3. The summed E-state index contributed by atoms with van der Waals surface area (Å²) in [6.45, 7) is 7.43. The van der Waals surface area contributed by atoms with E-state index in [1.807, 2.05) is 58.0 Å². The summed E-state index contributed by atoms with van der Waals surface area (Å²) in [5.41, 5.74) is 1.15. The highest BCUT2D eigenvalue weighted by Crippen LogP contribution is 2.25. The minimum absolute atomic E-state index is 0.0168. The number of aliphatic hydroxyl groups excluding tert-OH is 1. The van der Waals surface area contributed by atoms with Crippen LogP contribution < -0.4 is 10.6 Å². The van der Waals surface area contributed by atoms with Crippen molar-refractivity contribution in [1.82, 2.24) is 15.5 Å². The van der Waals surface area contributed by atoms with Gasteiger partial charge in [0.2, 0.25) is 5.91 Å². The smallest absolute Gasteiger partial charge is 0.254 e. The zero-order chi connectivity index (χ0) is 26.5. The molecule has 3 atom stereocenters. The minimum Gasteiger partial charge on any atom is -0.508 e. The Labute approximate surface area is 216 Å². The number of carbonyl (C=O) groups excluding carboxylic acids is 3. The summed E-state index contributed by atoms with van der Waals surface area (Å²) >= 11 is 1.44. The monoisotopic (exact) mass is 513 g/mol. The average Bonchev–Trinajstić information content (AvgIpc) is 3.32. The molecule has 2 unspecified atom stereocenters. The van der Waals surface area contributed by atoms with E-state index >= 15 is 0 Å². The summed E-state index contributed by atoms with van der Waals surface area (Å²) in [5, 5.41) is 27.1. The Hall–Kier alpha value is -3.04. The molecule has 2 aromatic rings. The van der Waals surface area contributed by atoms with E-state index in [9.17, 15) is 24.6 Å². The summed E-state index contributed by atoms with van der Waals surface area (Å²) in [6.07, 6.45) is -0.921. The third-order valence-corrected chi connectivity index (χ3v) is 6.98. The van der Waals surface area contributed by atoms with Crippen LogP contribution in [0.4, 0.5) is 0 Å². The topological polar surface area (TPSA) is 119 Å². The molecule has 36 heavy (non-hydrogen) atoms. The van der Waals surface area contributed by atoms with Crippen LogP contribution in [0.2, 0.25) is 0 Å². The van der Waals surface area contributed by atoms with Crippen LogP contribution in [0.25, 0.3) is 0 Å². The molecule has 0 aromatic heterocycles. The van der Waals surface area contributed by atoms with E-state index in [4.69, 9.17) is 0 Å². The van der Waals surface area contributed by atoms with Crippen LogP contribution in [0.3, 0.4) is 0 Å². The van der Waals surface area contributed by atoms with Gasteiger partial charge in [-0.1, -0.05) is 43.3 Å². The molecule has 0 saturated carbocycles. The number of phenolic OH excluding ortho intramolecular Hbond substituents is 1. The Balaban J connectivity index is 1.85. The first-order valence-electron chi connectivity index (χ1n) is 12.1. The quantitative estimate of drug-likeness (QED) is 0.431.